The summed E-state index contributed by atoms with van der Waals surface area (Å²) in [5, 5.41) is 2.74. The van der Waals surface area contributed by atoms with Crippen LogP contribution in [0.4, 0.5) is 4.39 Å². The van der Waals surface area contributed by atoms with Crippen LogP contribution in [0.25, 0.3) is 11.4 Å². The molecule has 7 nitrogen and oxygen atoms in total. The second-order valence-corrected chi connectivity index (χ2v) is 9.18. The molecule has 2 amide bonds. The number of nitrogens with two attached hydrogens (primary N) is 1. The number of imidazole rings is 1. The molecule has 1 aromatic heterocycles. The maximum absolute atomic E-state index is 13.7. The van der Waals surface area contributed by atoms with Gasteiger partial charge in [-0.1, -0.05) is 32.4 Å². The van der Waals surface area contributed by atoms with Crippen molar-refractivity contribution in [2.24, 2.45) is 11.1 Å². The van der Waals surface area contributed by atoms with Crippen molar-refractivity contribution in [2.45, 2.75) is 46.3 Å². The quantitative estimate of drug-likeness (QED) is 0.772. The predicted octanol–water partition coefficient (Wildman–Crippen LogP) is 2.81. The van der Waals surface area contributed by atoms with E-state index in [1.165, 1.54) is 12.1 Å². The summed E-state index contributed by atoms with van der Waals surface area (Å²) < 4.78 is 15.6. The fourth-order valence-electron chi connectivity index (χ4n) is 3.67. The molecule has 1 unspecified atom stereocenters. The molecule has 0 bridgehead atoms. The van der Waals surface area contributed by atoms with E-state index in [4.69, 9.17) is 17.3 Å². The highest BCUT2D eigenvalue weighted by molar-refractivity contribution is 6.31. The summed E-state index contributed by atoms with van der Waals surface area (Å²) in [4.78, 5) is 31.8. The lowest BCUT2D eigenvalue weighted by molar-refractivity contribution is -0.122. The minimum atomic E-state index is -0.852. The van der Waals surface area contributed by atoms with Gasteiger partial charge in [0.05, 0.1) is 10.7 Å². The third kappa shape index (κ3) is 4.49. The van der Waals surface area contributed by atoms with Crippen LogP contribution in [0.5, 0.6) is 0 Å². The summed E-state index contributed by atoms with van der Waals surface area (Å²) in [6, 6.07) is 3.53. The van der Waals surface area contributed by atoms with Gasteiger partial charge in [-0.2, -0.15) is 0 Å². The summed E-state index contributed by atoms with van der Waals surface area (Å²) in [7, 11) is 1.97. The summed E-state index contributed by atoms with van der Waals surface area (Å²) in [6.45, 7) is 7.52. The first kappa shape index (κ1) is 22.2. The third-order valence-electron chi connectivity index (χ3n) is 5.23. The Morgan fingerprint density at radius 2 is 2.00 bits per heavy atom. The fraction of sp³-hybridized carbons (Fsp3) is 0.476. The topological polar surface area (TPSA) is 93.2 Å². The van der Waals surface area contributed by atoms with E-state index in [1.807, 2.05) is 32.4 Å². The van der Waals surface area contributed by atoms with Gasteiger partial charge in [-0.15, -0.1) is 0 Å². The first-order chi connectivity index (χ1) is 14.0. The number of aromatic nitrogens is 2. The molecule has 1 atom stereocenters. The molecule has 0 saturated carbocycles. The minimum Gasteiger partial charge on any atom is -0.368 e. The average Bonchev–Trinajstić information content (AvgIpc) is 2.87. The van der Waals surface area contributed by atoms with Crippen LogP contribution in [0.15, 0.2) is 18.2 Å². The molecule has 0 saturated heterocycles. The monoisotopic (exact) mass is 435 g/mol. The maximum Gasteiger partial charge on any atom is 0.272 e. The average molecular weight is 436 g/mol. The van der Waals surface area contributed by atoms with Crippen LogP contribution in [-0.2, 0) is 17.9 Å². The Labute approximate surface area is 180 Å². The van der Waals surface area contributed by atoms with Gasteiger partial charge in [0.25, 0.3) is 5.91 Å². The van der Waals surface area contributed by atoms with E-state index < -0.39 is 29.1 Å². The number of rotatable bonds is 4. The number of hydrogen-bond donors (Lipinski definition) is 2. The minimum absolute atomic E-state index is 0.0110. The van der Waals surface area contributed by atoms with Crippen molar-refractivity contribution in [3.05, 3.63) is 40.4 Å². The van der Waals surface area contributed by atoms with Crippen molar-refractivity contribution in [1.82, 2.24) is 19.8 Å². The van der Waals surface area contributed by atoms with Gasteiger partial charge >= 0.3 is 0 Å². The molecule has 0 radical (unpaired) electrons. The standard InChI is InChI=1S/C21H27ClFN5O2/c1-21(2,3)17(18(24)29)26-20(30)16-15-11-27(4)8-5-9-28(15)19(25-16)12-6-7-14(23)13(22)10-12/h6-7,10,17H,5,8-9,11H2,1-4H3,(H2,24,29)(H,26,30). The zero-order valence-electron chi connectivity index (χ0n) is 17.6. The normalized spacial score (nSPS) is 15.9. The van der Waals surface area contributed by atoms with E-state index in [-0.39, 0.29) is 10.7 Å². The lowest BCUT2D eigenvalue weighted by atomic mass is 9.86. The molecule has 0 aliphatic carbocycles. The van der Waals surface area contributed by atoms with E-state index in [0.717, 1.165) is 18.7 Å². The first-order valence-corrected chi connectivity index (χ1v) is 10.2. The Bertz CT molecular complexity index is 983. The number of carbonyl (C=O) groups is 2. The summed E-state index contributed by atoms with van der Waals surface area (Å²) in [5.41, 5.74) is 6.56. The van der Waals surface area contributed by atoms with Gasteiger partial charge < -0.3 is 20.5 Å². The lowest BCUT2D eigenvalue weighted by Gasteiger charge is -2.28. The van der Waals surface area contributed by atoms with Gasteiger partial charge in [0.1, 0.15) is 17.7 Å². The van der Waals surface area contributed by atoms with Crippen molar-refractivity contribution in [1.29, 1.82) is 0 Å². The SMILES string of the molecule is CN1CCCn2c(-c3ccc(F)c(Cl)c3)nc(C(=O)NC(C(N)=O)C(C)(C)C)c2C1. The fourth-order valence-corrected chi connectivity index (χ4v) is 3.85. The number of halogens is 2. The molecule has 162 valence electrons. The number of primary amides is 1. The van der Waals surface area contributed by atoms with E-state index >= 15 is 0 Å². The van der Waals surface area contributed by atoms with Crippen LogP contribution in [0.2, 0.25) is 5.02 Å². The Balaban J connectivity index is 2.08. The molecule has 30 heavy (non-hydrogen) atoms. The maximum atomic E-state index is 13.7. The van der Waals surface area contributed by atoms with Gasteiger partial charge in [-0.25, -0.2) is 9.37 Å². The summed E-state index contributed by atoms with van der Waals surface area (Å²) >= 11 is 5.97. The largest absolute Gasteiger partial charge is 0.368 e. The predicted molar refractivity (Wildman–Crippen MR) is 113 cm³/mol. The van der Waals surface area contributed by atoms with Crippen molar-refractivity contribution in [3.8, 4) is 11.4 Å². The van der Waals surface area contributed by atoms with Gasteiger partial charge in [0, 0.05) is 18.7 Å². The lowest BCUT2D eigenvalue weighted by Crippen LogP contribution is -2.52. The highest BCUT2D eigenvalue weighted by atomic mass is 35.5. The molecule has 1 aliphatic rings. The summed E-state index contributed by atoms with van der Waals surface area (Å²) in [6.07, 6.45) is 0.870. The second-order valence-electron chi connectivity index (χ2n) is 8.78. The Morgan fingerprint density at radius 3 is 2.60 bits per heavy atom. The van der Waals surface area contributed by atoms with Crippen molar-refractivity contribution >= 4 is 23.4 Å². The Hall–Kier alpha value is -2.45. The summed E-state index contributed by atoms with van der Waals surface area (Å²) in [5.74, 6) is -1.05. The molecule has 9 heteroatoms. The van der Waals surface area contributed by atoms with Crippen molar-refractivity contribution < 1.29 is 14.0 Å². The van der Waals surface area contributed by atoms with Gasteiger partial charge in [-0.3, -0.25) is 9.59 Å². The molecule has 0 fully saturated rings. The van der Waals surface area contributed by atoms with Crippen LogP contribution < -0.4 is 11.1 Å². The Kier molecular flexibility index (Phi) is 6.19. The molecule has 0 spiro atoms. The molecule has 2 heterocycles. The zero-order chi connectivity index (χ0) is 22.2. The van der Waals surface area contributed by atoms with Gasteiger partial charge in [-0.05, 0) is 43.6 Å². The number of benzene rings is 1. The number of amides is 2. The van der Waals surface area contributed by atoms with Crippen LogP contribution in [-0.4, -0.2) is 45.9 Å². The molecular weight excluding hydrogens is 409 g/mol. The number of nitrogens with one attached hydrogen (secondary N) is 1. The third-order valence-corrected chi connectivity index (χ3v) is 5.52. The molecule has 3 N–H and O–H groups in total. The van der Waals surface area contributed by atoms with E-state index in [9.17, 15) is 14.0 Å². The Morgan fingerprint density at radius 1 is 1.30 bits per heavy atom. The number of fused-ring (bicyclic) bond motifs is 1. The first-order valence-electron chi connectivity index (χ1n) is 9.82. The smallest absolute Gasteiger partial charge is 0.272 e. The zero-order valence-corrected chi connectivity index (χ0v) is 18.4. The van der Waals surface area contributed by atoms with Crippen LogP contribution in [0.3, 0.4) is 0 Å². The van der Waals surface area contributed by atoms with Crippen LogP contribution >= 0.6 is 11.6 Å². The van der Waals surface area contributed by atoms with Crippen LogP contribution in [0, 0.1) is 11.2 Å². The number of hydrogen-bond acceptors (Lipinski definition) is 4. The van der Waals surface area contributed by atoms with Crippen LogP contribution in [0.1, 0.15) is 43.4 Å². The highest BCUT2D eigenvalue weighted by Crippen LogP contribution is 2.29. The van der Waals surface area contributed by atoms with Crippen molar-refractivity contribution in [3.63, 3.8) is 0 Å². The molecule has 2 aromatic rings. The van der Waals surface area contributed by atoms with Gasteiger partial charge in [0.2, 0.25) is 5.91 Å². The van der Waals surface area contributed by atoms with Crippen molar-refractivity contribution in [2.75, 3.05) is 13.6 Å². The molecule has 1 aliphatic heterocycles. The van der Waals surface area contributed by atoms with E-state index in [2.05, 4.69) is 15.2 Å². The highest BCUT2D eigenvalue weighted by Gasteiger charge is 2.34. The molecule has 1 aromatic carbocycles. The molecular formula is C21H27ClFN5O2. The number of carbonyl (C=O) groups excluding carboxylic acids is 2. The van der Waals surface area contributed by atoms with E-state index in [1.54, 1.807) is 6.07 Å². The van der Waals surface area contributed by atoms with Gasteiger partial charge in [0.15, 0.2) is 5.69 Å². The number of nitrogens with zero attached hydrogens (tertiary/aromatic N) is 3. The second kappa shape index (κ2) is 8.35. The molecule has 3 rings (SSSR count). The van der Waals surface area contributed by atoms with E-state index in [0.29, 0.717) is 24.5 Å².